The Hall–Kier alpha value is -1.52. The minimum absolute atomic E-state index is 0.124. The molecule has 0 aromatic rings. The molecule has 0 aliphatic rings. The zero-order valence-electron chi connectivity index (χ0n) is 7.82. The highest BCUT2D eigenvalue weighted by Crippen LogP contribution is 1.98. The lowest BCUT2D eigenvalue weighted by atomic mass is 10.1. The molecule has 14 heavy (non-hydrogen) atoms. The van der Waals surface area contributed by atoms with Crippen LogP contribution in [-0.4, -0.2) is 30.8 Å². The van der Waals surface area contributed by atoms with Gasteiger partial charge in [-0.15, -0.1) is 0 Å². The van der Waals surface area contributed by atoms with E-state index in [-0.39, 0.29) is 13.0 Å². The fraction of sp³-hybridized carbons (Fsp3) is 0.556. The molecule has 78 valence electrons. The molecule has 0 aliphatic heterocycles. The predicted molar refractivity (Wildman–Crippen MR) is 48.6 cm³/mol. The highest BCUT2D eigenvalue weighted by molar-refractivity contribution is 6.36. The second-order valence-corrected chi connectivity index (χ2v) is 2.71. The zero-order valence-corrected chi connectivity index (χ0v) is 7.82. The number of amides is 1. The summed E-state index contributed by atoms with van der Waals surface area (Å²) >= 11 is 0. The quantitative estimate of drug-likeness (QED) is 0.328. The number of carbonyl (C=O) groups is 4. The molecule has 0 radical (unpaired) electrons. The molecule has 0 bridgehead atoms. The molecule has 0 rings (SSSR count). The van der Waals surface area contributed by atoms with Gasteiger partial charge in [0, 0.05) is 12.8 Å². The van der Waals surface area contributed by atoms with E-state index in [9.17, 15) is 19.2 Å². The van der Waals surface area contributed by atoms with Crippen molar-refractivity contribution in [3.8, 4) is 0 Å². The number of nitrogens with one attached hydrogen (secondary N) is 1. The fourth-order valence-electron chi connectivity index (χ4n) is 0.860. The Morgan fingerprint density at radius 3 is 2.36 bits per heavy atom. The third kappa shape index (κ3) is 6.05. The summed E-state index contributed by atoms with van der Waals surface area (Å²) in [5.74, 6) is -1.28. The van der Waals surface area contributed by atoms with Crippen molar-refractivity contribution < 1.29 is 19.2 Å². The molecule has 1 N–H and O–H groups in total. The average molecular weight is 199 g/mol. The molecule has 0 saturated heterocycles. The van der Waals surface area contributed by atoms with E-state index < -0.39 is 11.7 Å². The normalized spacial score (nSPS) is 9.14. The maximum atomic E-state index is 11.0. The molecule has 0 saturated carbocycles. The van der Waals surface area contributed by atoms with Crippen molar-refractivity contribution in [2.75, 3.05) is 6.54 Å². The van der Waals surface area contributed by atoms with E-state index in [2.05, 4.69) is 5.32 Å². The first-order chi connectivity index (χ1) is 6.72. The van der Waals surface area contributed by atoms with E-state index in [0.29, 0.717) is 25.5 Å². The highest BCUT2D eigenvalue weighted by Gasteiger charge is 2.11. The van der Waals surface area contributed by atoms with Gasteiger partial charge in [-0.25, -0.2) is 0 Å². The second-order valence-electron chi connectivity index (χ2n) is 2.71. The summed E-state index contributed by atoms with van der Waals surface area (Å²) in [5, 5.41) is 2.15. The van der Waals surface area contributed by atoms with Crippen LogP contribution in [0.25, 0.3) is 0 Å². The Morgan fingerprint density at radius 2 is 1.79 bits per heavy atom. The molecule has 0 fully saturated rings. The van der Waals surface area contributed by atoms with Crippen LogP contribution in [0.5, 0.6) is 0 Å². The van der Waals surface area contributed by atoms with Gasteiger partial charge in [-0.3, -0.25) is 9.59 Å². The molecule has 0 spiro atoms. The van der Waals surface area contributed by atoms with Crippen LogP contribution in [0.4, 0.5) is 0 Å². The smallest absolute Gasteiger partial charge is 0.287 e. The number of carbonyl (C=O) groups excluding carboxylic acids is 4. The highest BCUT2D eigenvalue weighted by atomic mass is 16.2. The Bertz CT molecular complexity index is 225. The second kappa shape index (κ2) is 8.10. The molecule has 0 aromatic heterocycles. The molecule has 0 atom stereocenters. The van der Waals surface area contributed by atoms with Gasteiger partial charge in [-0.2, -0.15) is 0 Å². The largest absolute Gasteiger partial charge is 0.343 e. The molecule has 5 heteroatoms. The van der Waals surface area contributed by atoms with Gasteiger partial charge >= 0.3 is 0 Å². The third-order valence-electron chi connectivity index (χ3n) is 1.58. The molecule has 0 aliphatic carbocycles. The summed E-state index contributed by atoms with van der Waals surface area (Å²) in [5.41, 5.74) is 0. The van der Waals surface area contributed by atoms with Crippen LogP contribution >= 0.6 is 0 Å². The Kier molecular flexibility index (Phi) is 7.22. The molecule has 0 aromatic carbocycles. The first kappa shape index (κ1) is 12.5. The van der Waals surface area contributed by atoms with Gasteiger partial charge in [0.25, 0.3) is 5.91 Å². The minimum Gasteiger partial charge on any atom is -0.343 e. The van der Waals surface area contributed by atoms with E-state index in [1.54, 1.807) is 0 Å². The first-order valence-electron chi connectivity index (χ1n) is 4.40. The summed E-state index contributed by atoms with van der Waals surface area (Å²) in [4.78, 5) is 41.7. The van der Waals surface area contributed by atoms with E-state index in [1.807, 2.05) is 0 Å². The molecule has 5 nitrogen and oxygen atoms in total. The lowest BCUT2D eigenvalue weighted by molar-refractivity contribution is -0.138. The minimum atomic E-state index is -0.733. The van der Waals surface area contributed by atoms with Crippen LogP contribution in [0, 0.1) is 0 Å². The molecule has 0 heterocycles. The predicted octanol–water partition coefficient (Wildman–Crippen LogP) is -0.370. The first-order valence-corrected chi connectivity index (χ1v) is 4.40. The van der Waals surface area contributed by atoms with Gasteiger partial charge < -0.3 is 14.9 Å². The number of ketones is 1. The molecule has 0 unspecified atom stereocenters. The SMILES string of the molecule is O=CCCCCC(=O)C(=O)NCC=O. The van der Waals surface area contributed by atoms with Crippen molar-refractivity contribution in [3.63, 3.8) is 0 Å². The van der Waals surface area contributed by atoms with Gasteiger partial charge in [0.2, 0.25) is 5.78 Å². The van der Waals surface area contributed by atoms with Crippen LogP contribution in [0.1, 0.15) is 25.7 Å². The van der Waals surface area contributed by atoms with Crippen molar-refractivity contribution in [1.29, 1.82) is 0 Å². The Morgan fingerprint density at radius 1 is 1.07 bits per heavy atom. The van der Waals surface area contributed by atoms with Crippen LogP contribution < -0.4 is 5.32 Å². The summed E-state index contributed by atoms with van der Waals surface area (Å²) in [7, 11) is 0. The maximum absolute atomic E-state index is 11.0. The van der Waals surface area contributed by atoms with E-state index in [0.717, 1.165) is 6.29 Å². The summed E-state index contributed by atoms with van der Waals surface area (Å²) in [6.45, 7) is -0.140. The van der Waals surface area contributed by atoms with Crippen molar-refractivity contribution in [2.45, 2.75) is 25.7 Å². The standard InChI is InChI=1S/C9H13NO4/c11-6-3-1-2-4-8(13)9(14)10-5-7-12/h6-7H,1-5H2,(H,10,14). The number of Topliss-reactive ketones (excluding diaryl/α,β-unsaturated/α-hetero) is 1. The van der Waals surface area contributed by atoms with Gasteiger partial charge in [-0.05, 0) is 12.8 Å². The lowest BCUT2D eigenvalue weighted by Crippen LogP contribution is -2.32. The van der Waals surface area contributed by atoms with Crippen molar-refractivity contribution >= 4 is 24.3 Å². The number of rotatable bonds is 8. The van der Waals surface area contributed by atoms with Gasteiger partial charge in [0.15, 0.2) is 0 Å². The van der Waals surface area contributed by atoms with Crippen molar-refractivity contribution in [2.24, 2.45) is 0 Å². The van der Waals surface area contributed by atoms with Crippen molar-refractivity contribution in [3.05, 3.63) is 0 Å². The maximum Gasteiger partial charge on any atom is 0.287 e. The topological polar surface area (TPSA) is 80.3 Å². The summed E-state index contributed by atoms with van der Waals surface area (Å²) in [6.07, 6.45) is 2.94. The molecular weight excluding hydrogens is 186 g/mol. The van der Waals surface area contributed by atoms with E-state index in [4.69, 9.17) is 0 Å². The lowest BCUT2D eigenvalue weighted by Gasteiger charge is -1.99. The average Bonchev–Trinajstić information content (AvgIpc) is 2.20. The van der Waals surface area contributed by atoms with Crippen LogP contribution in [0.3, 0.4) is 0 Å². The summed E-state index contributed by atoms with van der Waals surface area (Å²) < 4.78 is 0. The van der Waals surface area contributed by atoms with Gasteiger partial charge in [-0.1, -0.05) is 0 Å². The van der Waals surface area contributed by atoms with E-state index >= 15 is 0 Å². The Balaban J connectivity index is 3.56. The Labute approximate surface area is 81.9 Å². The van der Waals surface area contributed by atoms with Gasteiger partial charge in [0.1, 0.15) is 12.6 Å². The van der Waals surface area contributed by atoms with E-state index in [1.165, 1.54) is 0 Å². The zero-order chi connectivity index (χ0) is 10.8. The van der Waals surface area contributed by atoms with Crippen LogP contribution in [-0.2, 0) is 19.2 Å². The monoisotopic (exact) mass is 199 g/mol. The van der Waals surface area contributed by atoms with Crippen LogP contribution in [0.15, 0.2) is 0 Å². The van der Waals surface area contributed by atoms with Gasteiger partial charge in [0.05, 0.1) is 6.54 Å². The number of hydrogen-bond donors (Lipinski definition) is 1. The molecular formula is C9H13NO4. The number of aldehydes is 2. The van der Waals surface area contributed by atoms with Crippen LogP contribution in [0.2, 0.25) is 0 Å². The number of unbranched alkanes of at least 4 members (excludes halogenated alkanes) is 2. The molecule has 1 amide bonds. The third-order valence-corrected chi connectivity index (χ3v) is 1.58. The fourth-order valence-corrected chi connectivity index (χ4v) is 0.860. The number of hydrogen-bond acceptors (Lipinski definition) is 4. The van der Waals surface area contributed by atoms with Crippen molar-refractivity contribution in [1.82, 2.24) is 5.32 Å². The summed E-state index contributed by atoms with van der Waals surface area (Å²) in [6, 6.07) is 0.